The molecule has 2 nitrogen and oxygen atoms in total. The molecule has 0 spiro atoms. The van der Waals surface area contributed by atoms with E-state index in [9.17, 15) is 0 Å². The van der Waals surface area contributed by atoms with E-state index in [1.165, 1.54) is 27.8 Å². The van der Waals surface area contributed by atoms with Gasteiger partial charge in [-0.1, -0.05) is 109 Å². The van der Waals surface area contributed by atoms with Crippen LogP contribution in [-0.4, -0.2) is 9.68 Å². The summed E-state index contributed by atoms with van der Waals surface area (Å²) in [4.78, 5) is 5.15. The highest BCUT2D eigenvalue weighted by Gasteiger charge is 2.24. The maximum Gasteiger partial charge on any atom is 0.0766 e. The summed E-state index contributed by atoms with van der Waals surface area (Å²) < 4.78 is 1.87. The Labute approximate surface area is 235 Å². The minimum absolute atomic E-state index is 0.0802. The molecule has 0 atom stereocenters. The van der Waals surface area contributed by atoms with Crippen molar-refractivity contribution in [3.63, 3.8) is 0 Å². The number of rotatable bonds is 5. The number of aliphatic imine (C=N–C) groups is 1. The lowest BCUT2D eigenvalue weighted by atomic mass is 9.76. The topological polar surface area (TPSA) is 17.3 Å². The summed E-state index contributed by atoms with van der Waals surface area (Å²) in [7, 11) is 0. The Morgan fingerprint density at radius 2 is 1.61 bits per heavy atom. The molecule has 4 rings (SSSR count). The molecule has 0 N–H and O–H groups in total. The predicted octanol–water partition coefficient (Wildman–Crippen LogP) is 9.52. The molecule has 0 saturated carbocycles. The second-order valence-corrected chi connectivity index (χ2v) is 12.9. The molecule has 198 valence electrons. The summed E-state index contributed by atoms with van der Waals surface area (Å²) >= 11 is 4.68. The third kappa shape index (κ3) is 5.83. The van der Waals surface area contributed by atoms with Crippen LogP contribution < -0.4 is 0 Å². The Balaban J connectivity index is 1.85. The Bertz CT molecular complexity index is 1460. The first-order valence-electron chi connectivity index (χ1n) is 13.6. The second-order valence-electron chi connectivity index (χ2n) is 12.5. The van der Waals surface area contributed by atoms with Crippen molar-refractivity contribution < 1.29 is 0 Å². The van der Waals surface area contributed by atoms with E-state index in [-0.39, 0.29) is 10.8 Å². The van der Waals surface area contributed by atoms with Crippen molar-refractivity contribution in [3.05, 3.63) is 117 Å². The summed E-state index contributed by atoms with van der Waals surface area (Å²) in [5.41, 5.74) is 13.3. The first-order chi connectivity index (χ1) is 17.8. The van der Waals surface area contributed by atoms with Crippen molar-refractivity contribution in [1.82, 2.24) is 3.97 Å². The first kappa shape index (κ1) is 28.0. The lowest BCUT2D eigenvalue weighted by Crippen LogP contribution is -2.19. The van der Waals surface area contributed by atoms with Crippen LogP contribution in [0.1, 0.15) is 94.5 Å². The van der Waals surface area contributed by atoms with Crippen molar-refractivity contribution in [2.45, 2.75) is 79.6 Å². The van der Waals surface area contributed by atoms with Gasteiger partial charge in [-0.05, 0) is 88.8 Å². The fourth-order valence-electron chi connectivity index (χ4n) is 5.09. The number of allylic oxidation sites excluding steroid dienone is 3. The molecule has 0 fully saturated rings. The zero-order chi connectivity index (χ0) is 27.8. The van der Waals surface area contributed by atoms with Gasteiger partial charge in [-0.25, -0.2) is 4.99 Å². The number of aromatic nitrogens is 1. The fourth-order valence-corrected chi connectivity index (χ4v) is 5.33. The molecule has 1 aliphatic rings. The van der Waals surface area contributed by atoms with E-state index in [1.807, 2.05) is 16.2 Å². The molecular formula is C35H42N2S. The molecule has 0 amide bonds. The number of thiol groups is 1. The monoisotopic (exact) mass is 522 g/mol. The number of nitrogens with zero attached hydrogens (tertiary/aromatic N) is 2. The summed E-state index contributed by atoms with van der Waals surface area (Å²) in [6.45, 7) is 20.3. The van der Waals surface area contributed by atoms with E-state index >= 15 is 0 Å². The summed E-state index contributed by atoms with van der Waals surface area (Å²) in [5.74, 6) is 0. The van der Waals surface area contributed by atoms with E-state index in [0.29, 0.717) is 0 Å². The van der Waals surface area contributed by atoms with E-state index in [2.05, 4.69) is 136 Å². The van der Waals surface area contributed by atoms with Gasteiger partial charge in [0, 0.05) is 11.8 Å². The van der Waals surface area contributed by atoms with Crippen LogP contribution in [0.3, 0.4) is 0 Å². The molecule has 0 bridgehead atoms. The number of hydrogen-bond donors (Lipinski definition) is 1. The van der Waals surface area contributed by atoms with Gasteiger partial charge in [0.05, 0.1) is 17.1 Å². The molecule has 0 unspecified atom stereocenters. The molecule has 38 heavy (non-hydrogen) atoms. The summed E-state index contributed by atoms with van der Waals surface area (Å²) in [5, 5.41) is 0. The van der Waals surface area contributed by atoms with Crippen molar-refractivity contribution >= 4 is 30.2 Å². The van der Waals surface area contributed by atoms with Crippen LogP contribution in [0.4, 0.5) is 0 Å². The van der Waals surface area contributed by atoms with Crippen LogP contribution in [0.25, 0.3) is 11.6 Å². The number of benzene rings is 2. The average molecular weight is 523 g/mol. The van der Waals surface area contributed by atoms with Crippen LogP contribution in [0.15, 0.2) is 83.1 Å². The van der Waals surface area contributed by atoms with Gasteiger partial charge in [0.1, 0.15) is 0 Å². The number of aryl methyl sites for hydroxylation is 1. The Morgan fingerprint density at radius 1 is 0.921 bits per heavy atom. The van der Waals surface area contributed by atoms with Crippen molar-refractivity contribution in [1.29, 1.82) is 0 Å². The fraction of sp³-hybridized carbons (Fsp3) is 0.343. The zero-order valence-electron chi connectivity index (χ0n) is 24.5. The molecule has 1 aliphatic heterocycles. The third-order valence-electron chi connectivity index (χ3n) is 7.29. The summed E-state index contributed by atoms with van der Waals surface area (Å²) in [6.07, 6.45) is 9.60. The highest BCUT2D eigenvalue weighted by molar-refractivity contribution is 7.78. The minimum atomic E-state index is 0.0802. The Hall–Kier alpha value is -3.04. The van der Waals surface area contributed by atoms with Crippen molar-refractivity contribution in [3.8, 4) is 0 Å². The SMILES string of the molecule is CCc1c(/C=C/C2=NC(=C(/c3ccc(C)cc3)c3cccn3S)/C(C)=C2)cc(C(C)(C)C)cc1C(C)(C)C. The van der Waals surface area contributed by atoms with Gasteiger partial charge in [0.25, 0.3) is 0 Å². The smallest absolute Gasteiger partial charge is 0.0766 e. The molecule has 2 heterocycles. The van der Waals surface area contributed by atoms with Crippen LogP contribution in [0.5, 0.6) is 0 Å². The van der Waals surface area contributed by atoms with Gasteiger partial charge in [-0.3, -0.25) is 3.97 Å². The maximum absolute atomic E-state index is 5.15. The number of hydrogen-bond acceptors (Lipinski definition) is 2. The molecule has 1 aromatic heterocycles. The molecular weight excluding hydrogens is 480 g/mol. The van der Waals surface area contributed by atoms with Gasteiger partial charge >= 0.3 is 0 Å². The van der Waals surface area contributed by atoms with E-state index in [1.54, 1.807) is 0 Å². The summed E-state index contributed by atoms with van der Waals surface area (Å²) in [6, 6.07) is 17.6. The van der Waals surface area contributed by atoms with E-state index in [0.717, 1.165) is 40.2 Å². The first-order valence-corrected chi connectivity index (χ1v) is 14.0. The molecule has 3 aromatic rings. The largest absolute Gasteiger partial charge is 0.294 e. The maximum atomic E-state index is 5.15. The molecule has 0 aliphatic carbocycles. The lowest BCUT2D eigenvalue weighted by Gasteiger charge is -2.29. The van der Waals surface area contributed by atoms with Crippen LogP contribution in [-0.2, 0) is 17.3 Å². The van der Waals surface area contributed by atoms with Gasteiger partial charge in [0.15, 0.2) is 0 Å². The van der Waals surface area contributed by atoms with Crippen LogP contribution in [0.2, 0.25) is 0 Å². The van der Waals surface area contributed by atoms with Gasteiger partial charge < -0.3 is 0 Å². The van der Waals surface area contributed by atoms with Gasteiger partial charge in [0.2, 0.25) is 0 Å². The standard InChI is InChI=1S/C35H42N2S/c1-10-29-26(21-27(34(4,5)6)22-30(29)35(7,8)9)17-18-28-20-24(3)33(36-28)32(31-12-11-19-37(31)38)25-15-13-23(2)14-16-25/h11-22,38H,10H2,1-9H3/b18-17+,33-32-. The second kappa shape index (κ2) is 10.6. The van der Waals surface area contributed by atoms with Crippen molar-refractivity contribution in [2.75, 3.05) is 0 Å². The van der Waals surface area contributed by atoms with E-state index < -0.39 is 0 Å². The highest BCUT2D eigenvalue weighted by Crippen LogP contribution is 2.36. The average Bonchev–Trinajstić information content (AvgIpc) is 3.42. The Morgan fingerprint density at radius 3 is 2.16 bits per heavy atom. The molecule has 3 heteroatoms. The van der Waals surface area contributed by atoms with Crippen LogP contribution in [0, 0.1) is 6.92 Å². The van der Waals surface area contributed by atoms with Gasteiger partial charge in [-0.15, -0.1) is 0 Å². The molecule has 0 radical (unpaired) electrons. The van der Waals surface area contributed by atoms with Gasteiger partial charge in [-0.2, -0.15) is 0 Å². The zero-order valence-corrected chi connectivity index (χ0v) is 25.4. The Kier molecular flexibility index (Phi) is 7.81. The third-order valence-corrected chi connectivity index (χ3v) is 7.63. The predicted molar refractivity (Wildman–Crippen MR) is 169 cm³/mol. The lowest BCUT2D eigenvalue weighted by molar-refractivity contribution is 0.563. The highest BCUT2D eigenvalue weighted by atomic mass is 32.1. The van der Waals surface area contributed by atoms with Crippen LogP contribution >= 0.6 is 12.8 Å². The van der Waals surface area contributed by atoms with Crippen molar-refractivity contribution in [2.24, 2.45) is 4.99 Å². The molecule has 0 saturated heterocycles. The van der Waals surface area contributed by atoms with E-state index in [4.69, 9.17) is 4.99 Å². The minimum Gasteiger partial charge on any atom is -0.294 e. The quantitative estimate of drug-likeness (QED) is 0.321. The normalized spacial score (nSPS) is 15.7. The molecule has 2 aromatic carbocycles.